The number of nitrogens with two attached hydrogens (primary N) is 1. The number of nitrogens with zero attached hydrogens (tertiary/aromatic N) is 2. The number of rotatable bonds is 3. The summed E-state index contributed by atoms with van der Waals surface area (Å²) < 4.78 is 2.12. The van der Waals surface area contributed by atoms with Crippen molar-refractivity contribution in [2.45, 2.75) is 25.7 Å². The van der Waals surface area contributed by atoms with E-state index in [9.17, 15) is 4.79 Å². The summed E-state index contributed by atoms with van der Waals surface area (Å²) in [5, 5.41) is 4.76. The van der Waals surface area contributed by atoms with Gasteiger partial charge in [-0.25, -0.2) is 0 Å². The number of aromatic nitrogens is 2. The molecular weight excluding hydrogens is 336 g/mol. The van der Waals surface area contributed by atoms with E-state index in [1.54, 1.807) is 6.07 Å². The molecule has 1 aliphatic heterocycles. The predicted molar refractivity (Wildman–Crippen MR) is 106 cm³/mol. The fourth-order valence-electron chi connectivity index (χ4n) is 5.21. The van der Waals surface area contributed by atoms with Crippen molar-refractivity contribution in [2.75, 3.05) is 13.1 Å². The number of carbonyl (C=O) groups is 1. The zero-order valence-corrected chi connectivity index (χ0v) is 15.5. The number of hydrogen-bond donors (Lipinski definition) is 2. The molecule has 2 unspecified atom stereocenters. The van der Waals surface area contributed by atoms with E-state index in [1.807, 2.05) is 31.5 Å². The number of carbonyl (C=O) groups excluding carboxylic acids is 1. The molecule has 0 bridgehead atoms. The highest BCUT2D eigenvalue weighted by atomic mass is 16.1. The first-order valence-electron chi connectivity index (χ1n) is 9.69. The second-order valence-electron chi connectivity index (χ2n) is 8.03. The van der Waals surface area contributed by atoms with E-state index in [2.05, 4.69) is 27.1 Å². The van der Waals surface area contributed by atoms with Crippen LogP contribution in [0.4, 0.5) is 0 Å². The van der Waals surface area contributed by atoms with Gasteiger partial charge in [-0.15, -0.1) is 0 Å². The molecule has 2 atom stereocenters. The molecule has 1 saturated carbocycles. The Morgan fingerprint density at radius 2 is 2.00 bits per heavy atom. The first-order valence-corrected chi connectivity index (χ1v) is 9.69. The van der Waals surface area contributed by atoms with E-state index in [-0.39, 0.29) is 0 Å². The van der Waals surface area contributed by atoms with Gasteiger partial charge in [-0.1, -0.05) is 12.1 Å². The molecule has 3 aromatic rings. The molecule has 2 aromatic heterocycles. The minimum atomic E-state index is -0.400. The van der Waals surface area contributed by atoms with Crippen LogP contribution in [0.2, 0.25) is 0 Å². The summed E-state index contributed by atoms with van der Waals surface area (Å²) in [5.74, 6) is 1.74. The van der Waals surface area contributed by atoms with Gasteiger partial charge in [-0.3, -0.25) is 9.78 Å². The number of aryl methyl sites for hydroxylation is 1. The number of para-hydroxylation sites is 1. The maximum absolute atomic E-state index is 12.1. The average Bonchev–Trinajstić information content (AvgIpc) is 3.34. The molecule has 1 aromatic carbocycles. The average molecular weight is 360 g/mol. The third kappa shape index (κ3) is 2.57. The minimum absolute atomic E-state index is 0.400. The first kappa shape index (κ1) is 16.5. The second kappa shape index (κ2) is 6.20. The topological polar surface area (TPSA) is 72.9 Å². The van der Waals surface area contributed by atoms with Crippen LogP contribution in [0.5, 0.6) is 0 Å². The number of fused-ring (bicyclic) bond motifs is 2. The fraction of sp³-hybridized carbons (Fsp3) is 0.364. The molecule has 1 amide bonds. The van der Waals surface area contributed by atoms with E-state index in [1.165, 1.54) is 23.8 Å². The van der Waals surface area contributed by atoms with Crippen molar-refractivity contribution in [3.8, 4) is 5.69 Å². The van der Waals surface area contributed by atoms with Gasteiger partial charge in [0, 0.05) is 17.8 Å². The predicted octanol–water partition coefficient (Wildman–Crippen LogP) is 3.15. The number of hydrogen-bond acceptors (Lipinski definition) is 3. The SMILES string of the molecule is Cc1cccc(C(N)=O)c1-n1cc(C2CC3CNCC3C2)c2ccncc21. The van der Waals surface area contributed by atoms with Crippen LogP contribution in [0.15, 0.2) is 42.9 Å². The van der Waals surface area contributed by atoms with Crippen LogP contribution in [-0.4, -0.2) is 28.5 Å². The van der Waals surface area contributed by atoms with Crippen LogP contribution < -0.4 is 11.1 Å². The van der Waals surface area contributed by atoms with E-state index in [0.717, 1.165) is 41.7 Å². The normalized spacial score (nSPS) is 24.4. The van der Waals surface area contributed by atoms with Crippen molar-refractivity contribution in [1.29, 1.82) is 0 Å². The van der Waals surface area contributed by atoms with E-state index in [4.69, 9.17) is 5.73 Å². The van der Waals surface area contributed by atoms with Crippen molar-refractivity contribution in [2.24, 2.45) is 17.6 Å². The maximum Gasteiger partial charge on any atom is 0.250 e. The number of amides is 1. The number of nitrogens with one attached hydrogen (secondary N) is 1. The number of benzene rings is 1. The largest absolute Gasteiger partial charge is 0.366 e. The highest BCUT2D eigenvalue weighted by molar-refractivity contribution is 5.98. The lowest BCUT2D eigenvalue weighted by Gasteiger charge is -2.13. The first-order chi connectivity index (χ1) is 13.1. The van der Waals surface area contributed by atoms with Gasteiger partial charge in [0.15, 0.2) is 0 Å². The smallest absolute Gasteiger partial charge is 0.250 e. The third-order valence-electron chi connectivity index (χ3n) is 6.48. The molecule has 1 saturated heterocycles. The summed E-state index contributed by atoms with van der Waals surface area (Å²) in [5.41, 5.74) is 10.6. The second-order valence-corrected chi connectivity index (χ2v) is 8.03. The van der Waals surface area contributed by atoms with Crippen LogP contribution in [0.25, 0.3) is 16.6 Å². The maximum atomic E-state index is 12.1. The van der Waals surface area contributed by atoms with Gasteiger partial charge in [0.2, 0.25) is 0 Å². The van der Waals surface area contributed by atoms with Gasteiger partial charge in [0.25, 0.3) is 5.91 Å². The van der Waals surface area contributed by atoms with Crippen molar-refractivity contribution < 1.29 is 4.79 Å². The molecule has 2 aliphatic rings. The Labute approximate surface area is 158 Å². The molecule has 1 aliphatic carbocycles. The number of pyridine rings is 1. The Balaban J connectivity index is 1.69. The quantitative estimate of drug-likeness (QED) is 0.754. The molecule has 0 spiro atoms. The summed E-state index contributed by atoms with van der Waals surface area (Å²) in [7, 11) is 0. The van der Waals surface area contributed by atoms with Gasteiger partial charge in [0.05, 0.1) is 23.0 Å². The Hall–Kier alpha value is -2.66. The summed E-state index contributed by atoms with van der Waals surface area (Å²) >= 11 is 0. The highest BCUT2D eigenvalue weighted by Crippen LogP contribution is 2.46. The van der Waals surface area contributed by atoms with Crippen LogP contribution in [0.3, 0.4) is 0 Å². The van der Waals surface area contributed by atoms with Gasteiger partial charge in [-0.05, 0) is 73.9 Å². The van der Waals surface area contributed by atoms with Gasteiger partial charge < -0.3 is 15.6 Å². The zero-order valence-electron chi connectivity index (χ0n) is 15.5. The monoisotopic (exact) mass is 360 g/mol. The molecular formula is C22H24N4O. The van der Waals surface area contributed by atoms with Crippen molar-refractivity contribution in [3.63, 3.8) is 0 Å². The zero-order chi connectivity index (χ0) is 18.5. The Morgan fingerprint density at radius 1 is 1.22 bits per heavy atom. The summed E-state index contributed by atoms with van der Waals surface area (Å²) in [6.45, 7) is 4.31. The van der Waals surface area contributed by atoms with Crippen LogP contribution in [0.1, 0.15) is 40.2 Å². The fourth-order valence-corrected chi connectivity index (χ4v) is 5.21. The van der Waals surface area contributed by atoms with Crippen LogP contribution in [-0.2, 0) is 0 Å². The molecule has 27 heavy (non-hydrogen) atoms. The minimum Gasteiger partial charge on any atom is -0.366 e. The van der Waals surface area contributed by atoms with E-state index >= 15 is 0 Å². The Kier molecular flexibility index (Phi) is 3.79. The summed E-state index contributed by atoms with van der Waals surface area (Å²) in [6, 6.07) is 7.82. The summed E-state index contributed by atoms with van der Waals surface area (Å²) in [4.78, 5) is 16.4. The standard InChI is InChI=1S/C22H24N4O/c1-13-3-2-4-18(22(23)27)21(13)26-12-19(17-5-6-24-11-20(17)26)14-7-15-9-25-10-16(15)8-14/h2-6,11-12,14-16,25H,7-10H2,1H3,(H2,23,27). The molecule has 138 valence electrons. The van der Waals surface area contributed by atoms with E-state index in [0.29, 0.717) is 11.5 Å². The van der Waals surface area contributed by atoms with Crippen molar-refractivity contribution in [1.82, 2.24) is 14.9 Å². The van der Waals surface area contributed by atoms with Gasteiger partial charge in [0.1, 0.15) is 0 Å². The third-order valence-corrected chi connectivity index (χ3v) is 6.48. The van der Waals surface area contributed by atoms with Crippen LogP contribution in [0, 0.1) is 18.8 Å². The van der Waals surface area contributed by atoms with Gasteiger partial charge >= 0.3 is 0 Å². The lowest BCUT2D eigenvalue weighted by molar-refractivity contribution is 0.1000. The molecule has 3 N–H and O–H groups in total. The molecule has 5 nitrogen and oxygen atoms in total. The Bertz CT molecular complexity index is 1030. The van der Waals surface area contributed by atoms with Crippen molar-refractivity contribution >= 4 is 16.8 Å². The molecule has 3 heterocycles. The van der Waals surface area contributed by atoms with E-state index < -0.39 is 5.91 Å². The lowest BCUT2D eigenvalue weighted by atomic mass is 9.96. The number of primary amides is 1. The lowest BCUT2D eigenvalue weighted by Crippen LogP contribution is -2.15. The van der Waals surface area contributed by atoms with Crippen molar-refractivity contribution in [3.05, 3.63) is 59.5 Å². The molecule has 5 rings (SSSR count). The van der Waals surface area contributed by atoms with Crippen LogP contribution >= 0.6 is 0 Å². The molecule has 2 fully saturated rings. The molecule has 5 heteroatoms. The van der Waals surface area contributed by atoms with Gasteiger partial charge in [-0.2, -0.15) is 0 Å². The highest BCUT2D eigenvalue weighted by Gasteiger charge is 2.38. The Morgan fingerprint density at radius 3 is 2.74 bits per heavy atom. The summed E-state index contributed by atoms with van der Waals surface area (Å²) in [6.07, 6.45) is 8.44. The molecule has 0 radical (unpaired) electrons.